The summed E-state index contributed by atoms with van der Waals surface area (Å²) in [4.78, 5) is 52.4. The van der Waals surface area contributed by atoms with Crippen LogP contribution in [-0.4, -0.2) is 277 Å². The molecule has 28 nitrogen and oxygen atoms in total. The second-order valence-electron chi connectivity index (χ2n) is 17.2. The molecule has 1 unspecified atom stereocenters. The number of hydrogen-bond donors (Lipinski definition) is 15. The van der Waals surface area contributed by atoms with E-state index in [1.165, 1.54) is 6.92 Å². The van der Waals surface area contributed by atoms with Crippen molar-refractivity contribution in [3.05, 3.63) is 0 Å². The average molecular weight is 1010 g/mol. The number of hydrogen-bond acceptors (Lipinski definition) is 25. The number of amides is 3. The van der Waals surface area contributed by atoms with Crippen molar-refractivity contribution in [3.8, 4) is 0 Å². The molecule has 0 radical (unpaired) electrons. The maximum atomic E-state index is 13.3. The van der Waals surface area contributed by atoms with Crippen LogP contribution in [0, 0.1) is 0 Å². The molecule has 15 N–H and O–H groups in total. The van der Waals surface area contributed by atoms with Crippen LogP contribution in [0.2, 0.25) is 0 Å². The summed E-state index contributed by atoms with van der Waals surface area (Å²) in [6.45, 7) is -1.34. The van der Waals surface area contributed by atoms with Crippen LogP contribution in [0.15, 0.2) is 0 Å². The first-order chi connectivity index (χ1) is 32.7. The van der Waals surface area contributed by atoms with E-state index in [0.29, 0.717) is 19.3 Å². The Morgan fingerprint density at radius 3 is 1.52 bits per heavy atom. The van der Waals surface area contributed by atoms with Gasteiger partial charge in [0.05, 0.1) is 39.1 Å². The van der Waals surface area contributed by atoms with Crippen LogP contribution < -0.4 is 10.6 Å². The highest BCUT2D eigenvalue weighted by Gasteiger charge is 2.52. The van der Waals surface area contributed by atoms with Crippen LogP contribution >= 0.6 is 0 Å². The quantitative estimate of drug-likeness (QED) is 0.0358. The molecule has 28 heteroatoms. The van der Waals surface area contributed by atoms with Gasteiger partial charge in [0.15, 0.2) is 25.2 Å². The minimum atomic E-state index is -1.97. The summed E-state index contributed by atoms with van der Waals surface area (Å²) in [5.41, 5.74) is 0. The lowest BCUT2D eigenvalue weighted by molar-refractivity contribution is -0.366. The Morgan fingerprint density at radius 2 is 0.986 bits per heavy atom. The summed E-state index contributed by atoms with van der Waals surface area (Å²) in [6.07, 6.45) is -31.1. The Bertz CT molecular complexity index is 1590. The van der Waals surface area contributed by atoms with Gasteiger partial charge in [-0.2, -0.15) is 0 Å². The highest BCUT2D eigenvalue weighted by Crippen LogP contribution is 2.31. The Balaban J connectivity index is 1.37. The van der Waals surface area contributed by atoms with Crippen molar-refractivity contribution < 1.29 is 123 Å². The smallest absolute Gasteiger partial charge is 0.239 e. The zero-order chi connectivity index (χ0) is 51.1. The van der Waals surface area contributed by atoms with E-state index in [1.54, 1.807) is 0 Å². The molecule has 0 aromatic heterocycles. The zero-order valence-corrected chi connectivity index (χ0v) is 38.3. The lowest BCUT2D eigenvalue weighted by Gasteiger charge is -2.46. The van der Waals surface area contributed by atoms with E-state index in [9.17, 15) is 85.6 Å². The molecule has 20 atom stereocenters. The summed E-state index contributed by atoms with van der Waals surface area (Å²) in [5, 5.41) is 139. The van der Waals surface area contributed by atoms with E-state index in [-0.39, 0.29) is 44.7 Å². The molecule has 4 saturated heterocycles. The Hall–Kier alpha value is -2.76. The fourth-order valence-corrected chi connectivity index (χ4v) is 7.80. The van der Waals surface area contributed by atoms with Gasteiger partial charge in [-0.1, -0.05) is 6.92 Å². The normalized spacial score (nSPS) is 38.3. The number of ketones is 1. The first-order valence-electron chi connectivity index (χ1n) is 22.9. The standard InChI is InChI=1S/C41H71N3O25/c1-3-6-19(47)7-4-5-8-25(50)44(13-23(48)42-9-11-62-38-33(58)30(55)26(51)18(2)65-38)14-24(49)43-10-12-63-40-36(61)37(69-41-35(60)32(57)28(53)21(16-46)67-41)29(54)22(68-40)17-64-39-34(59)31(56)27(52)20(15-45)66-39/h18,20-22,26-41,45-46,51-61H,3-17H2,1-2H3,(H,42,48)(H,43,49)/t18-,20+,21+,22?,26+,27+,28+,29+,30+,31-,32-,33-,34-,35-,36-,37-,38+,39-,40-,41+/m0/s1. The van der Waals surface area contributed by atoms with E-state index in [4.69, 9.17) is 37.9 Å². The number of carbonyl (C=O) groups excluding carboxylic acids is 4. The number of ether oxygens (including phenoxy) is 8. The molecule has 4 aliphatic rings. The summed E-state index contributed by atoms with van der Waals surface area (Å²) in [6, 6.07) is 0. The van der Waals surface area contributed by atoms with Crippen LogP contribution in [0.25, 0.3) is 0 Å². The van der Waals surface area contributed by atoms with Crippen LogP contribution in [0.4, 0.5) is 0 Å². The van der Waals surface area contributed by atoms with Gasteiger partial charge in [0.25, 0.3) is 0 Å². The molecule has 0 bridgehead atoms. The molecule has 4 heterocycles. The Morgan fingerprint density at radius 1 is 0.522 bits per heavy atom. The lowest BCUT2D eigenvalue weighted by Crippen LogP contribution is -2.65. The molecular formula is C41H71N3O25. The van der Waals surface area contributed by atoms with Crippen molar-refractivity contribution >= 4 is 23.5 Å². The first-order valence-corrected chi connectivity index (χ1v) is 22.9. The number of unbranched alkanes of at least 4 members (excludes halogenated alkanes) is 1. The number of rotatable bonds is 26. The number of carbonyl (C=O) groups is 4. The van der Waals surface area contributed by atoms with Gasteiger partial charge in [0, 0.05) is 32.4 Å². The molecule has 0 aromatic carbocycles. The van der Waals surface area contributed by atoms with E-state index < -0.39 is 180 Å². The second kappa shape index (κ2) is 28.5. The number of nitrogens with one attached hydrogen (secondary N) is 2. The third-order valence-corrected chi connectivity index (χ3v) is 11.9. The largest absolute Gasteiger partial charge is 0.394 e. The van der Waals surface area contributed by atoms with Gasteiger partial charge in [-0.15, -0.1) is 0 Å². The Labute approximate surface area is 396 Å². The van der Waals surface area contributed by atoms with Crippen LogP contribution in [0.3, 0.4) is 0 Å². The Kier molecular flexibility index (Phi) is 24.3. The summed E-state index contributed by atoms with van der Waals surface area (Å²) >= 11 is 0. The van der Waals surface area contributed by atoms with Gasteiger partial charge in [-0.05, 0) is 26.2 Å². The SMILES string of the molecule is CCCC(=O)CCCCC(=O)N(CC(=O)NCCO[C@@H]1O[C@@H](C)[C@@H](O)[C@@H](O)[C@@H]1O)CC(=O)NCCO[C@H]1OC(CO[C@H]2O[C@H](CO)[C@@H](O)[C@H](O)[C@@H]2O)[C@@H](O)[C@H](O[C@H]2O[C@H](CO)[C@@H](O)[C@H](O)[C@@H]2O)[C@@H]1O. The highest BCUT2D eigenvalue weighted by atomic mass is 16.8. The van der Waals surface area contributed by atoms with Crippen molar-refractivity contribution in [2.45, 2.75) is 175 Å². The van der Waals surface area contributed by atoms with Gasteiger partial charge >= 0.3 is 0 Å². The summed E-state index contributed by atoms with van der Waals surface area (Å²) in [7, 11) is 0. The lowest BCUT2D eigenvalue weighted by atomic mass is 9.96. The molecule has 0 saturated carbocycles. The van der Waals surface area contributed by atoms with E-state index in [0.717, 1.165) is 4.90 Å². The number of aliphatic hydroxyl groups excluding tert-OH is 13. The monoisotopic (exact) mass is 1010 g/mol. The molecule has 0 aliphatic carbocycles. The molecule has 4 aliphatic heterocycles. The van der Waals surface area contributed by atoms with E-state index in [1.807, 2.05) is 6.92 Å². The molecule has 0 aromatic rings. The number of aliphatic hydroxyl groups is 13. The molecule has 3 amide bonds. The van der Waals surface area contributed by atoms with Gasteiger partial charge < -0.3 is 120 Å². The topological polar surface area (TPSA) is 432 Å². The maximum Gasteiger partial charge on any atom is 0.239 e. The first kappa shape index (κ1) is 58.8. The number of nitrogens with zero attached hydrogens (tertiary/aromatic N) is 1. The van der Waals surface area contributed by atoms with Crippen molar-refractivity contribution in [1.29, 1.82) is 0 Å². The van der Waals surface area contributed by atoms with Crippen LogP contribution in [0.5, 0.6) is 0 Å². The van der Waals surface area contributed by atoms with Crippen LogP contribution in [0.1, 0.15) is 52.4 Å². The van der Waals surface area contributed by atoms with Crippen molar-refractivity contribution in [2.24, 2.45) is 0 Å². The molecular weight excluding hydrogens is 934 g/mol. The zero-order valence-electron chi connectivity index (χ0n) is 38.3. The number of Topliss-reactive ketones (excluding diaryl/α,β-unsaturated/α-hetero) is 1. The minimum absolute atomic E-state index is 0.0346. The fourth-order valence-electron chi connectivity index (χ4n) is 7.80. The molecule has 400 valence electrons. The average Bonchev–Trinajstić information content (AvgIpc) is 3.32. The van der Waals surface area contributed by atoms with Crippen molar-refractivity contribution in [2.75, 3.05) is 59.2 Å². The van der Waals surface area contributed by atoms with Gasteiger partial charge in [0.1, 0.15) is 110 Å². The van der Waals surface area contributed by atoms with Crippen molar-refractivity contribution in [1.82, 2.24) is 15.5 Å². The molecule has 4 rings (SSSR count). The third kappa shape index (κ3) is 16.4. The fraction of sp³-hybridized carbons (Fsp3) is 0.902. The molecule has 4 fully saturated rings. The van der Waals surface area contributed by atoms with Gasteiger partial charge in [0.2, 0.25) is 17.7 Å². The highest BCUT2D eigenvalue weighted by molar-refractivity contribution is 5.89. The van der Waals surface area contributed by atoms with E-state index in [2.05, 4.69) is 10.6 Å². The molecule has 69 heavy (non-hydrogen) atoms. The minimum Gasteiger partial charge on any atom is -0.394 e. The summed E-state index contributed by atoms with van der Waals surface area (Å²) < 4.78 is 44.1. The maximum absolute atomic E-state index is 13.3. The predicted molar refractivity (Wildman–Crippen MR) is 224 cm³/mol. The van der Waals surface area contributed by atoms with Gasteiger partial charge in [-0.3, -0.25) is 19.2 Å². The third-order valence-electron chi connectivity index (χ3n) is 11.9. The molecule has 0 spiro atoms. The summed E-state index contributed by atoms with van der Waals surface area (Å²) in [5.74, 6) is -2.02. The predicted octanol–water partition coefficient (Wildman–Crippen LogP) is -8.71. The van der Waals surface area contributed by atoms with Crippen molar-refractivity contribution in [3.63, 3.8) is 0 Å². The van der Waals surface area contributed by atoms with E-state index >= 15 is 0 Å². The van der Waals surface area contributed by atoms with Crippen LogP contribution in [-0.2, 0) is 57.1 Å². The second-order valence-corrected chi connectivity index (χ2v) is 17.2. The van der Waals surface area contributed by atoms with Gasteiger partial charge in [-0.25, -0.2) is 0 Å².